The van der Waals surface area contributed by atoms with Crippen LogP contribution in [0.2, 0.25) is 0 Å². The summed E-state index contributed by atoms with van der Waals surface area (Å²) in [5, 5.41) is 16.5. The standard InChI is InChI=1S/C21H25N5O4/c1-2-22-21(28)16-5-3-6-17(13-16)23-20(27)15-24-9-11-25(12-10-24)18-7-4-8-19(14-18)26(29)30/h3-8,13-14H,2,9-12,15H2,1H3,(H,22,28)(H,23,27). The minimum atomic E-state index is -0.398. The molecule has 0 unspecified atom stereocenters. The van der Waals surface area contributed by atoms with Crippen molar-refractivity contribution in [2.75, 3.05) is 49.5 Å². The first-order valence-electron chi connectivity index (χ1n) is 9.86. The van der Waals surface area contributed by atoms with Crippen LogP contribution < -0.4 is 15.5 Å². The smallest absolute Gasteiger partial charge is 0.271 e. The van der Waals surface area contributed by atoms with Crippen molar-refractivity contribution in [3.05, 3.63) is 64.2 Å². The van der Waals surface area contributed by atoms with Crippen molar-refractivity contribution < 1.29 is 14.5 Å². The van der Waals surface area contributed by atoms with Gasteiger partial charge in [-0.25, -0.2) is 0 Å². The molecule has 0 bridgehead atoms. The monoisotopic (exact) mass is 411 g/mol. The van der Waals surface area contributed by atoms with Crippen molar-refractivity contribution in [3.63, 3.8) is 0 Å². The zero-order valence-electron chi connectivity index (χ0n) is 16.8. The van der Waals surface area contributed by atoms with E-state index >= 15 is 0 Å². The maximum Gasteiger partial charge on any atom is 0.271 e. The molecule has 30 heavy (non-hydrogen) atoms. The lowest BCUT2D eigenvalue weighted by molar-refractivity contribution is -0.384. The van der Waals surface area contributed by atoms with Crippen molar-refractivity contribution >= 4 is 28.9 Å². The SMILES string of the molecule is CCNC(=O)c1cccc(NC(=O)CN2CCN(c3cccc([N+](=O)[O-])c3)CC2)c1. The third kappa shape index (κ3) is 5.54. The van der Waals surface area contributed by atoms with E-state index in [1.54, 1.807) is 36.4 Å². The van der Waals surface area contributed by atoms with E-state index in [4.69, 9.17) is 0 Å². The molecule has 3 rings (SSSR count). The normalized spacial score (nSPS) is 14.2. The predicted octanol–water partition coefficient (Wildman–Crippen LogP) is 2.11. The van der Waals surface area contributed by atoms with Crippen LogP contribution in [0.25, 0.3) is 0 Å². The number of hydrogen-bond donors (Lipinski definition) is 2. The van der Waals surface area contributed by atoms with Crippen LogP contribution in [0.1, 0.15) is 17.3 Å². The molecule has 1 aliphatic heterocycles. The Hall–Kier alpha value is -3.46. The lowest BCUT2D eigenvalue weighted by Crippen LogP contribution is -2.48. The van der Waals surface area contributed by atoms with Crippen LogP contribution >= 0.6 is 0 Å². The van der Waals surface area contributed by atoms with Crippen LogP contribution in [0.5, 0.6) is 0 Å². The molecule has 1 fully saturated rings. The molecule has 2 amide bonds. The number of nitro groups is 1. The average Bonchev–Trinajstić information content (AvgIpc) is 2.74. The first-order valence-corrected chi connectivity index (χ1v) is 9.86. The number of nitrogens with one attached hydrogen (secondary N) is 2. The Morgan fingerprint density at radius 3 is 2.50 bits per heavy atom. The first kappa shape index (κ1) is 21.3. The average molecular weight is 411 g/mol. The number of non-ortho nitro benzene ring substituents is 1. The number of carbonyl (C=O) groups is 2. The molecule has 2 N–H and O–H groups in total. The molecule has 1 heterocycles. The van der Waals surface area contributed by atoms with Crippen molar-refractivity contribution in [1.29, 1.82) is 0 Å². The highest BCUT2D eigenvalue weighted by atomic mass is 16.6. The van der Waals surface area contributed by atoms with Crippen LogP contribution in [0, 0.1) is 10.1 Å². The number of rotatable bonds is 7. The maximum atomic E-state index is 12.4. The summed E-state index contributed by atoms with van der Waals surface area (Å²) in [6.45, 7) is 5.35. The minimum Gasteiger partial charge on any atom is -0.369 e. The molecule has 0 spiro atoms. The van der Waals surface area contributed by atoms with E-state index in [0.717, 1.165) is 5.69 Å². The Labute approximate surface area is 174 Å². The summed E-state index contributed by atoms with van der Waals surface area (Å²) in [6, 6.07) is 13.4. The van der Waals surface area contributed by atoms with Crippen LogP contribution in [-0.2, 0) is 4.79 Å². The molecule has 158 valence electrons. The zero-order chi connectivity index (χ0) is 21.5. The summed E-state index contributed by atoms with van der Waals surface area (Å²) in [7, 11) is 0. The predicted molar refractivity (Wildman–Crippen MR) is 115 cm³/mol. The second kappa shape index (κ2) is 9.84. The molecular weight excluding hydrogens is 386 g/mol. The third-order valence-electron chi connectivity index (χ3n) is 4.89. The summed E-state index contributed by atoms with van der Waals surface area (Å²) in [4.78, 5) is 39.0. The molecule has 2 aromatic rings. The van der Waals surface area contributed by atoms with Crippen molar-refractivity contribution in [1.82, 2.24) is 10.2 Å². The fourth-order valence-corrected chi connectivity index (χ4v) is 3.37. The van der Waals surface area contributed by atoms with Crippen LogP contribution in [-0.4, -0.2) is 60.9 Å². The number of benzene rings is 2. The number of anilines is 2. The summed E-state index contributed by atoms with van der Waals surface area (Å²) >= 11 is 0. The Morgan fingerprint density at radius 2 is 1.80 bits per heavy atom. The Morgan fingerprint density at radius 1 is 1.07 bits per heavy atom. The topological polar surface area (TPSA) is 108 Å². The highest BCUT2D eigenvalue weighted by molar-refractivity contribution is 5.97. The molecule has 2 aromatic carbocycles. The van der Waals surface area contributed by atoms with E-state index < -0.39 is 4.92 Å². The Balaban J connectivity index is 1.51. The lowest BCUT2D eigenvalue weighted by Gasteiger charge is -2.35. The number of nitrogens with zero attached hydrogens (tertiary/aromatic N) is 3. The Kier molecular flexibility index (Phi) is 6.97. The number of hydrogen-bond acceptors (Lipinski definition) is 6. The maximum absolute atomic E-state index is 12.4. The van der Waals surface area contributed by atoms with Gasteiger partial charge in [-0.05, 0) is 31.2 Å². The number of nitro benzene ring substituents is 1. The van der Waals surface area contributed by atoms with Crippen molar-refractivity contribution in [3.8, 4) is 0 Å². The van der Waals surface area contributed by atoms with Gasteiger partial charge >= 0.3 is 0 Å². The molecule has 9 nitrogen and oxygen atoms in total. The van der Waals surface area contributed by atoms with E-state index in [9.17, 15) is 19.7 Å². The van der Waals surface area contributed by atoms with Crippen molar-refractivity contribution in [2.45, 2.75) is 6.92 Å². The molecule has 0 aromatic heterocycles. The van der Waals surface area contributed by atoms with Gasteiger partial charge in [0.25, 0.3) is 11.6 Å². The molecule has 0 aliphatic carbocycles. The van der Waals surface area contributed by atoms with Crippen LogP contribution in [0.3, 0.4) is 0 Å². The van der Waals surface area contributed by atoms with Gasteiger partial charge in [0.05, 0.1) is 11.5 Å². The fourth-order valence-electron chi connectivity index (χ4n) is 3.37. The summed E-state index contributed by atoms with van der Waals surface area (Å²) in [5.74, 6) is -0.322. The summed E-state index contributed by atoms with van der Waals surface area (Å²) in [5.41, 5.74) is 1.97. The van der Waals surface area contributed by atoms with Gasteiger partial charge < -0.3 is 15.5 Å². The second-order valence-corrected chi connectivity index (χ2v) is 7.03. The van der Waals surface area contributed by atoms with E-state index in [1.807, 2.05) is 17.9 Å². The van der Waals surface area contributed by atoms with E-state index in [0.29, 0.717) is 44.0 Å². The van der Waals surface area contributed by atoms with Crippen LogP contribution in [0.15, 0.2) is 48.5 Å². The lowest BCUT2D eigenvalue weighted by atomic mass is 10.2. The molecule has 0 saturated carbocycles. The largest absolute Gasteiger partial charge is 0.369 e. The molecular formula is C21H25N5O4. The van der Waals surface area contributed by atoms with Crippen LogP contribution in [0.4, 0.5) is 17.1 Å². The molecule has 0 atom stereocenters. The van der Waals surface area contributed by atoms with Gasteiger partial charge in [-0.2, -0.15) is 0 Å². The summed E-state index contributed by atoms with van der Waals surface area (Å²) < 4.78 is 0. The zero-order valence-corrected chi connectivity index (χ0v) is 16.8. The molecule has 9 heteroatoms. The van der Waals surface area contributed by atoms with E-state index in [-0.39, 0.29) is 24.0 Å². The van der Waals surface area contributed by atoms with Gasteiger partial charge in [0.1, 0.15) is 0 Å². The van der Waals surface area contributed by atoms with Crippen molar-refractivity contribution in [2.24, 2.45) is 0 Å². The molecule has 0 radical (unpaired) electrons. The van der Waals surface area contributed by atoms with E-state index in [2.05, 4.69) is 15.5 Å². The first-order chi connectivity index (χ1) is 14.5. The fraction of sp³-hybridized carbons (Fsp3) is 0.333. The van der Waals surface area contributed by atoms with Gasteiger partial charge in [-0.1, -0.05) is 12.1 Å². The van der Waals surface area contributed by atoms with E-state index in [1.165, 1.54) is 6.07 Å². The number of amides is 2. The minimum absolute atomic E-state index is 0.0733. The van der Waals surface area contributed by atoms with Gasteiger partial charge in [0.2, 0.25) is 5.91 Å². The van der Waals surface area contributed by atoms with Gasteiger partial charge in [0.15, 0.2) is 0 Å². The third-order valence-corrected chi connectivity index (χ3v) is 4.89. The quantitative estimate of drug-likeness (QED) is 0.534. The number of piperazine rings is 1. The highest BCUT2D eigenvalue weighted by Crippen LogP contribution is 2.22. The van der Waals surface area contributed by atoms with Gasteiger partial charge in [-0.3, -0.25) is 24.6 Å². The van der Waals surface area contributed by atoms with Gasteiger partial charge in [-0.15, -0.1) is 0 Å². The highest BCUT2D eigenvalue weighted by Gasteiger charge is 2.20. The number of carbonyl (C=O) groups excluding carboxylic acids is 2. The summed E-state index contributed by atoms with van der Waals surface area (Å²) in [6.07, 6.45) is 0. The van der Waals surface area contributed by atoms with Gasteiger partial charge in [0, 0.05) is 61.8 Å². The molecule has 1 aliphatic rings. The Bertz CT molecular complexity index is 925. The molecule has 1 saturated heterocycles. The second-order valence-electron chi connectivity index (χ2n) is 7.03.